The molecule has 0 spiro atoms. The number of carbonyl (C=O) groups is 1. The Labute approximate surface area is 191 Å². The average molecular weight is 463 g/mol. The minimum Gasteiger partial charge on any atom is -0.299 e. The fourth-order valence-corrected chi connectivity index (χ4v) is 5.93. The summed E-state index contributed by atoms with van der Waals surface area (Å²) in [5.74, 6) is 0.616. The van der Waals surface area contributed by atoms with Crippen LogP contribution in [0.3, 0.4) is 0 Å². The molecule has 1 aliphatic carbocycles. The molecule has 0 heterocycles. The molecular weight excluding hydrogens is 432 g/mol. The van der Waals surface area contributed by atoms with E-state index < -0.39 is 10.0 Å². The number of carbonyl (C=O) groups excluding carboxylic acids is 1. The van der Waals surface area contributed by atoms with Gasteiger partial charge in [-0.3, -0.25) is 9.69 Å². The molecule has 1 aliphatic rings. The van der Waals surface area contributed by atoms with Crippen molar-refractivity contribution >= 4 is 27.4 Å². The van der Waals surface area contributed by atoms with Crippen molar-refractivity contribution in [2.24, 2.45) is 0 Å². The van der Waals surface area contributed by atoms with Crippen LogP contribution in [0.5, 0.6) is 0 Å². The summed E-state index contributed by atoms with van der Waals surface area (Å²) in [6.07, 6.45) is 3.62. The zero-order valence-electron chi connectivity index (χ0n) is 18.4. The Kier molecular flexibility index (Phi) is 7.92. The van der Waals surface area contributed by atoms with Crippen molar-refractivity contribution in [3.8, 4) is 0 Å². The Morgan fingerprint density at radius 3 is 2.10 bits per heavy atom. The van der Waals surface area contributed by atoms with E-state index in [9.17, 15) is 13.2 Å². The Bertz CT molecular complexity index is 982. The van der Waals surface area contributed by atoms with Crippen LogP contribution in [0.2, 0.25) is 5.02 Å². The number of likely N-dealkylation sites (N-methyl/N-ethyl adjacent to an activating group) is 1. The fraction of sp³-hybridized carbons (Fsp3) is 0.458. The van der Waals surface area contributed by atoms with Crippen LogP contribution in [0.15, 0.2) is 53.4 Å². The van der Waals surface area contributed by atoms with E-state index >= 15 is 0 Å². The number of benzene rings is 2. The summed E-state index contributed by atoms with van der Waals surface area (Å²) in [5, 5.41) is 0.527. The van der Waals surface area contributed by atoms with Gasteiger partial charge < -0.3 is 0 Å². The van der Waals surface area contributed by atoms with Gasteiger partial charge in [0.05, 0.1) is 11.4 Å². The van der Waals surface area contributed by atoms with Gasteiger partial charge in [-0.15, -0.1) is 0 Å². The van der Waals surface area contributed by atoms with Gasteiger partial charge in [0.25, 0.3) is 0 Å². The molecular formula is C24H31ClN2O3S. The standard InChI is InChI=1S/C24H31ClN2O3S/c1-18(28)16-26(2)17-19-4-6-20(7-5-19)21-8-12-23(13-9-21)27(3)31(29,30)24-14-10-22(25)11-15-24/h4-7,10-11,14-15,21,23H,8-9,12-13,16-17H2,1-3H3. The van der Waals surface area contributed by atoms with Crippen molar-refractivity contribution in [1.29, 1.82) is 0 Å². The third-order valence-electron chi connectivity index (χ3n) is 6.10. The number of Topliss-reactive ketones (excluding diaryl/α,β-unsaturated/α-hetero) is 1. The topological polar surface area (TPSA) is 57.7 Å². The van der Waals surface area contributed by atoms with E-state index in [0.29, 0.717) is 17.5 Å². The highest BCUT2D eigenvalue weighted by molar-refractivity contribution is 7.89. The molecule has 7 heteroatoms. The number of hydrogen-bond acceptors (Lipinski definition) is 4. The summed E-state index contributed by atoms with van der Waals surface area (Å²) < 4.78 is 27.4. The van der Waals surface area contributed by atoms with E-state index in [1.807, 2.05) is 11.9 Å². The predicted octanol–water partition coefficient (Wildman–Crippen LogP) is 4.71. The van der Waals surface area contributed by atoms with Gasteiger partial charge in [0.2, 0.25) is 10.0 Å². The molecule has 168 valence electrons. The Hall–Kier alpha value is -1.73. The molecule has 0 N–H and O–H groups in total. The maximum absolute atomic E-state index is 12.9. The fourth-order valence-electron chi connectivity index (χ4n) is 4.38. The molecule has 0 unspecified atom stereocenters. The van der Waals surface area contributed by atoms with Gasteiger partial charge in [0.15, 0.2) is 0 Å². The third-order valence-corrected chi connectivity index (χ3v) is 8.27. The Morgan fingerprint density at radius 2 is 1.55 bits per heavy atom. The minimum absolute atomic E-state index is 0.0106. The zero-order chi connectivity index (χ0) is 22.6. The summed E-state index contributed by atoms with van der Waals surface area (Å²) >= 11 is 5.89. The maximum Gasteiger partial charge on any atom is 0.243 e. The number of hydrogen-bond donors (Lipinski definition) is 0. The molecule has 0 aliphatic heterocycles. The molecule has 0 atom stereocenters. The van der Waals surface area contributed by atoms with E-state index in [1.165, 1.54) is 15.4 Å². The van der Waals surface area contributed by atoms with E-state index in [4.69, 9.17) is 11.6 Å². The van der Waals surface area contributed by atoms with Crippen LogP contribution in [-0.2, 0) is 21.4 Å². The lowest BCUT2D eigenvalue weighted by Gasteiger charge is -2.34. The molecule has 1 fully saturated rings. The molecule has 0 aromatic heterocycles. The molecule has 31 heavy (non-hydrogen) atoms. The third kappa shape index (κ3) is 6.16. The number of nitrogens with zero attached hydrogens (tertiary/aromatic N) is 2. The molecule has 0 bridgehead atoms. The number of rotatable bonds is 8. The molecule has 0 saturated heterocycles. The van der Waals surface area contributed by atoms with Crippen LogP contribution < -0.4 is 0 Å². The van der Waals surface area contributed by atoms with Gasteiger partial charge in [0.1, 0.15) is 5.78 Å². The summed E-state index contributed by atoms with van der Waals surface area (Å²) in [5.41, 5.74) is 2.50. The SMILES string of the molecule is CC(=O)CN(C)Cc1ccc(C2CCC(N(C)S(=O)(=O)c3ccc(Cl)cc3)CC2)cc1. The lowest BCUT2D eigenvalue weighted by molar-refractivity contribution is -0.117. The molecule has 1 saturated carbocycles. The van der Waals surface area contributed by atoms with Crippen LogP contribution in [0.4, 0.5) is 0 Å². The Morgan fingerprint density at radius 1 is 0.968 bits per heavy atom. The predicted molar refractivity (Wildman–Crippen MR) is 125 cm³/mol. The molecule has 5 nitrogen and oxygen atoms in total. The van der Waals surface area contributed by atoms with E-state index in [2.05, 4.69) is 24.3 Å². The molecule has 0 amide bonds. The summed E-state index contributed by atoms with van der Waals surface area (Å²) in [6.45, 7) is 2.81. The first kappa shape index (κ1) is 23.9. The summed E-state index contributed by atoms with van der Waals surface area (Å²) in [6, 6.07) is 15.0. The largest absolute Gasteiger partial charge is 0.299 e. The van der Waals surface area contributed by atoms with Gasteiger partial charge in [-0.05, 0) is 81.0 Å². The van der Waals surface area contributed by atoms with Crippen LogP contribution in [-0.4, -0.2) is 50.1 Å². The highest BCUT2D eigenvalue weighted by Gasteiger charge is 2.31. The lowest BCUT2D eigenvalue weighted by atomic mass is 9.81. The molecule has 2 aromatic carbocycles. The second-order valence-corrected chi connectivity index (χ2v) is 11.0. The summed E-state index contributed by atoms with van der Waals surface area (Å²) in [7, 11) is 0.114. The Balaban J connectivity index is 1.57. The summed E-state index contributed by atoms with van der Waals surface area (Å²) in [4.78, 5) is 13.5. The van der Waals surface area contributed by atoms with Gasteiger partial charge in [0, 0.05) is 24.7 Å². The number of ketones is 1. The van der Waals surface area contributed by atoms with Crippen molar-refractivity contribution in [3.05, 3.63) is 64.7 Å². The van der Waals surface area contributed by atoms with Crippen LogP contribution >= 0.6 is 11.6 Å². The second kappa shape index (κ2) is 10.3. The van der Waals surface area contributed by atoms with E-state index in [-0.39, 0.29) is 16.7 Å². The van der Waals surface area contributed by atoms with E-state index in [1.54, 1.807) is 38.2 Å². The first-order valence-electron chi connectivity index (χ1n) is 10.7. The smallest absolute Gasteiger partial charge is 0.243 e. The van der Waals surface area contributed by atoms with Crippen LogP contribution in [0.25, 0.3) is 0 Å². The van der Waals surface area contributed by atoms with Gasteiger partial charge in [-0.2, -0.15) is 4.31 Å². The van der Waals surface area contributed by atoms with Crippen molar-refractivity contribution in [1.82, 2.24) is 9.21 Å². The first-order chi connectivity index (χ1) is 14.7. The normalized spacial score (nSPS) is 19.7. The van der Waals surface area contributed by atoms with Crippen molar-refractivity contribution < 1.29 is 13.2 Å². The van der Waals surface area contributed by atoms with Gasteiger partial charge >= 0.3 is 0 Å². The maximum atomic E-state index is 12.9. The molecule has 2 aromatic rings. The van der Waals surface area contributed by atoms with Crippen molar-refractivity contribution in [2.75, 3.05) is 20.6 Å². The minimum atomic E-state index is -3.52. The average Bonchev–Trinajstić information content (AvgIpc) is 2.73. The van der Waals surface area contributed by atoms with Crippen LogP contribution in [0.1, 0.15) is 49.7 Å². The zero-order valence-corrected chi connectivity index (χ0v) is 20.0. The number of sulfonamides is 1. The highest BCUT2D eigenvalue weighted by atomic mass is 35.5. The number of halogens is 1. The van der Waals surface area contributed by atoms with Crippen molar-refractivity contribution in [2.45, 2.75) is 56.0 Å². The lowest BCUT2D eigenvalue weighted by Crippen LogP contribution is -2.39. The van der Waals surface area contributed by atoms with Crippen LogP contribution in [0, 0.1) is 0 Å². The quantitative estimate of drug-likeness (QED) is 0.570. The van der Waals surface area contributed by atoms with E-state index in [0.717, 1.165) is 32.2 Å². The monoisotopic (exact) mass is 462 g/mol. The highest BCUT2D eigenvalue weighted by Crippen LogP contribution is 2.36. The second-order valence-electron chi connectivity index (χ2n) is 8.60. The van der Waals surface area contributed by atoms with Gasteiger partial charge in [-0.25, -0.2) is 8.42 Å². The van der Waals surface area contributed by atoms with Gasteiger partial charge in [-0.1, -0.05) is 35.9 Å². The van der Waals surface area contributed by atoms with Crippen molar-refractivity contribution in [3.63, 3.8) is 0 Å². The molecule has 3 rings (SSSR count). The first-order valence-corrected chi connectivity index (χ1v) is 12.5. The molecule has 0 radical (unpaired) electrons.